The van der Waals surface area contributed by atoms with Crippen LogP contribution in [-0.4, -0.2) is 18.5 Å². The molecular weight excluding hydrogens is 663 g/mol. The van der Waals surface area contributed by atoms with E-state index in [1.807, 2.05) is 83.1 Å². The van der Waals surface area contributed by atoms with Crippen molar-refractivity contribution in [2.75, 3.05) is 13.6 Å². The van der Waals surface area contributed by atoms with Gasteiger partial charge in [-0.1, -0.05) is 242 Å². The molecule has 8 rings (SSSR count). The summed E-state index contributed by atoms with van der Waals surface area (Å²) in [7, 11) is 2.20. The van der Waals surface area contributed by atoms with Crippen molar-refractivity contribution >= 4 is 0 Å². The van der Waals surface area contributed by atoms with E-state index in [2.05, 4.69) is 171 Å². The fourth-order valence-corrected chi connectivity index (χ4v) is 7.19. The van der Waals surface area contributed by atoms with E-state index in [1.165, 1.54) is 61.2 Å². The molecule has 0 bridgehead atoms. The summed E-state index contributed by atoms with van der Waals surface area (Å²) >= 11 is 0. The van der Waals surface area contributed by atoms with Crippen LogP contribution < -0.4 is 0 Å². The molecule has 6 aromatic carbocycles. The zero-order valence-corrected chi connectivity index (χ0v) is 37.0. The molecule has 2 aliphatic carbocycles. The van der Waals surface area contributed by atoms with Crippen LogP contribution in [0.25, 0.3) is 22.3 Å². The Labute approximate surface area is 338 Å². The number of rotatable bonds is 5. The van der Waals surface area contributed by atoms with Gasteiger partial charge in [0.1, 0.15) is 0 Å². The highest BCUT2D eigenvalue weighted by atomic mass is 15.1. The molecule has 0 amide bonds. The molecule has 0 radical (unpaired) electrons. The van der Waals surface area contributed by atoms with Gasteiger partial charge in [0.05, 0.1) is 5.41 Å². The minimum Gasteiger partial charge on any atom is -0.302 e. The van der Waals surface area contributed by atoms with Crippen molar-refractivity contribution < 1.29 is 0 Å². The highest BCUT2D eigenvalue weighted by Crippen LogP contribution is 2.56. The summed E-state index contributed by atoms with van der Waals surface area (Å²) in [6, 6.07) is 55.2. The van der Waals surface area contributed by atoms with Gasteiger partial charge in [0, 0.05) is 6.54 Å². The maximum atomic E-state index is 2.38. The van der Waals surface area contributed by atoms with E-state index >= 15 is 0 Å². The highest BCUT2D eigenvalue weighted by molar-refractivity contribution is 5.86. The summed E-state index contributed by atoms with van der Waals surface area (Å²) in [4.78, 5) is 2.38. The Morgan fingerprint density at radius 3 is 1.18 bits per heavy atom. The van der Waals surface area contributed by atoms with Crippen molar-refractivity contribution in [2.45, 2.75) is 108 Å². The Bertz CT molecular complexity index is 1790. The molecule has 0 heterocycles. The van der Waals surface area contributed by atoms with E-state index in [-0.39, 0.29) is 5.41 Å². The van der Waals surface area contributed by atoms with E-state index in [0.717, 1.165) is 19.5 Å². The van der Waals surface area contributed by atoms with Gasteiger partial charge in [-0.25, -0.2) is 0 Å². The van der Waals surface area contributed by atoms with Crippen LogP contribution in [-0.2, 0) is 18.4 Å². The van der Waals surface area contributed by atoms with Gasteiger partial charge in [0.25, 0.3) is 0 Å². The summed E-state index contributed by atoms with van der Waals surface area (Å²) < 4.78 is 0. The van der Waals surface area contributed by atoms with E-state index in [0.29, 0.717) is 0 Å². The van der Waals surface area contributed by atoms with Crippen molar-refractivity contribution in [2.24, 2.45) is 0 Å². The molecule has 0 aromatic heterocycles. The molecule has 0 spiro atoms. The van der Waals surface area contributed by atoms with Gasteiger partial charge >= 0.3 is 0 Å². The molecule has 294 valence electrons. The van der Waals surface area contributed by atoms with Crippen LogP contribution in [0.3, 0.4) is 0 Å². The predicted octanol–water partition coefficient (Wildman–Crippen LogP) is 15.9. The third kappa shape index (κ3) is 11.0. The number of hydrogen-bond donors (Lipinski definition) is 0. The Balaban J connectivity index is 0.000000503. The molecule has 0 fully saturated rings. The van der Waals surface area contributed by atoms with Crippen LogP contribution >= 0.6 is 0 Å². The maximum absolute atomic E-state index is 2.38. The van der Waals surface area contributed by atoms with Gasteiger partial charge in [-0.05, 0) is 81.2 Å². The maximum Gasteiger partial charge on any atom is 0.0716 e. The lowest BCUT2D eigenvalue weighted by atomic mass is 9.66. The van der Waals surface area contributed by atoms with Crippen molar-refractivity contribution in [3.05, 3.63) is 191 Å². The predicted molar refractivity (Wildman–Crippen MR) is 249 cm³/mol. The van der Waals surface area contributed by atoms with Gasteiger partial charge in [-0.3, -0.25) is 0 Å². The van der Waals surface area contributed by atoms with Crippen LogP contribution in [0.4, 0.5) is 0 Å². The summed E-state index contributed by atoms with van der Waals surface area (Å²) in [5.41, 5.74) is 15.0. The second kappa shape index (κ2) is 27.0. The van der Waals surface area contributed by atoms with E-state index in [4.69, 9.17) is 0 Å². The lowest BCUT2D eigenvalue weighted by Gasteiger charge is -2.36. The largest absolute Gasteiger partial charge is 0.302 e. The molecule has 55 heavy (non-hydrogen) atoms. The fourth-order valence-electron chi connectivity index (χ4n) is 7.19. The van der Waals surface area contributed by atoms with Gasteiger partial charge in [-0.2, -0.15) is 0 Å². The lowest BCUT2D eigenvalue weighted by molar-refractivity contribution is 0.343. The normalized spacial score (nSPS) is 11.1. The van der Waals surface area contributed by atoms with Crippen LogP contribution in [0, 0.1) is 0 Å². The quantitative estimate of drug-likeness (QED) is 0.170. The highest BCUT2D eigenvalue weighted by Gasteiger charge is 2.46. The molecule has 0 saturated heterocycles. The second-order valence-electron chi connectivity index (χ2n) is 11.7. The number of benzene rings is 6. The number of hydrogen-bond acceptors (Lipinski definition) is 1. The first-order chi connectivity index (χ1) is 27.2. The Hall–Kier alpha value is -4.72. The zero-order valence-electron chi connectivity index (χ0n) is 37.0. The van der Waals surface area contributed by atoms with Crippen molar-refractivity contribution in [1.29, 1.82) is 0 Å². The zero-order chi connectivity index (χ0) is 41.2. The second-order valence-corrected chi connectivity index (χ2v) is 11.7. The third-order valence-corrected chi connectivity index (χ3v) is 9.27. The summed E-state index contributed by atoms with van der Waals surface area (Å²) in [6.45, 7) is 28.2. The monoisotopic (exact) mass is 736 g/mol. The molecule has 0 aliphatic heterocycles. The van der Waals surface area contributed by atoms with Crippen LogP contribution in [0.2, 0.25) is 0 Å². The van der Waals surface area contributed by atoms with E-state index < -0.39 is 0 Å². The molecule has 0 saturated carbocycles. The Morgan fingerprint density at radius 1 is 0.400 bits per heavy atom. The van der Waals surface area contributed by atoms with Crippen LogP contribution in [0.5, 0.6) is 0 Å². The molecule has 0 N–H and O–H groups in total. The smallest absolute Gasteiger partial charge is 0.0716 e. The van der Waals surface area contributed by atoms with E-state index in [1.54, 1.807) is 0 Å². The van der Waals surface area contributed by atoms with Gasteiger partial charge in [-0.15, -0.1) is 0 Å². The molecule has 1 heteroatoms. The van der Waals surface area contributed by atoms with E-state index in [9.17, 15) is 0 Å². The lowest BCUT2D eigenvalue weighted by Crippen LogP contribution is -2.31. The minimum atomic E-state index is -0.306. The molecule has 0 unspecified atom stereocenters. The molecule has 6 aromatic rings. The average Bonchev–Trinajstić information content (AvgIpc) is 3.83. The SMILES string of the molecule is CC.CC.CC.CC.CC.CC.CCN(C)Cc1ccccc1C1(c2ccccc2)c2ccccc2-c2ccccc21.c1ccc2c(c1)Cc1ccccc1-2. The number of fused-ring (bicyclic) bond motifs is 6. The van der Waals surface area contributed by atoms with Gasteiger partial charge in [0.2, 0.25) is 0 Å². The van der Waals surface area contributed by atoms with Gasteiger partial charge in [0.15, 0.2) is 0 Å². The summed E-state index contributed by atoms with van der Waals surface area (Å²) in [5.74, 6) is 0. The number of nitrogens with zero attached hydrogens (tertiary/aromatic N) is 1. The topological polar surface area (TPSA) is 3.24 Å². The molecule has 1 nitrogen and oxygen atoms in total. The fraction of sp³-hybridized carbons (Fsp3) is 0.333. The molecule has 0 atom stereocenters. The average molecular weight is 736 g/mol. The molecule has 2 aliphatic rings. The first-order valence-electron chi connectivity index (χ1n) is 21.4. The van der Waals surface area contributed by atoms with Crippen molar-refractivity contribution in [3.8, 4) is 22.3 Å². The van der Waals surface area contributed by atoms with Crippen molar-refractivity contribution in [3.63, 3.8) is 0 Å². The standard InChI is InChI=1S/C29H27N.C13H10.6C2H6/c1-3-30(2)21-22-13-7-10-18-26(22)29(23-14-5-4-6-15-23)27-19-11-8-16-24(27)25-17-9-12-20-28(25)29;1-3-7-12-10(5-1)9-11-6-2-4-8-13(11)12;6*1-2/h4-20H,3,21H2,1-2H3;1-8H,9H2;6*1-2H3. The minimum absolute atomic E-state index is 0.306. The first-order valence-corrected chi connectivity index (χ1v) is 21.4. The molecular formula is C54H73N. The van der Waals surface area contributed by atoms with Gasteiger partial charge < -0.3 is 4.90 Å². The summed E-state index contributed by atoms with van der Waals surface area (Å²) in [6.07, 6.45) is 1.10. The first kappa shape index (κ1) is 48.3. The van der Waals surface area contributed by atoms with Crippen LogP contribution in [0.1, 0.15) is 129 Å². The Kier molecular flexibility index (Phi) is 23.7. The van der Waals surface area contributed by atoms with Crippen molar-refractivity contribution in [1.82, 2.24) is 4.90 Å². The third-order valence-electron chi connectivity index (χ3n) is 9.27. The summed E-state index contributed by atoms with van der Waals surface area (Å²) in [5, 5.41) is 0. The Morgan fingerprint density at radius 2 is 0.745 bits per heavy atom. The van der Waals surface area contributed by atoms with Crippen LogP contribution in [0.15, 0.2) is 152 Å².